The van der Waals surface area contributed by atoms with E-state index in [0.717, 1.165) is 17.9 Å². The minimum absolute atomic E-state index is 0.849. The Labute approximate surface area is 71.4 Å². The first-order chi connectivity index (χ1) is 5.38. The first-order valence-electron chi connectivity index (χ1n) is 3.99. The Bertz CT molecular complexity index is 270. The molecule has 0 amide bonds. The highest BCUT2D eigenvalue weighted by Crippen LogP contribution is 2.26. The van der Waals surface area contributed by atoms with E-state index in [9.17, 15) is 0 Å². The molecule has 2 rings (SSSR count). The van der Waals surface area contributed by atoms with Gasteiger partial charge >= 0.3 is 0 Å². The quantitative estimate of drug-likeness (QED) is 0.579. The van der Waals surface area contributed by atoms with Crippen LogP contribution in [0.25, 0.3) is 0 Å². The zero-order valence-electron chi connectivity index (χ0n) is 6.31. The third-order valence-corrected chi connectivity index (χ3v) is 2.54. The van der Waals surface area contributed by atoms with Crippen LogP contribution in [0.5, 0.6) is 0 Å². The number of aromatic nitrogens is 1. The molecule has 1 aliphatic rings. The van der Waals surface area contributed by atoms with Gasteiger partial charge in [0.2, 0.25) is 0 Å². The number of halogens is 1. The fourth-order valence-corrected chi connectivity index (χ4v) is 1.89. The highest BCUT2D eigenvalue weighted by molar-refractivity contribution is 6.31. The van der Waals surface area contributed by atoms with E-state index in [4.69, 9.17) is 11.6 Å². The lowest BCUT2D eigenvalue weighted by molar-refractivity contribution is 0.682. The number of rotatable bonds is 0. The molecule has 0 bridgehead atoms. The zero-order valence-corrected chi connectivity index (χ0v) is 7.06. The lowest BCUT2D eigenvalue weighted by Gasteiger charge is -2.15. The molecule has 0 spiro atoms. The third kappa shape index (κ3) is 1.25. The lowest BCUT2D eigenvalue weighted by atomic mass is 9.94. The van der Waals surface area contributed by atoms with Crippen LogP contribution >= 0.6 is 11.6 Å². The van der Waals surface area contributed by atoms with Crippen molar-refractivity contribution in [2.75, 3.05) is 0 Å². The molecule has 0 radical (unpaired) electrons. The van der Waals surface area contributed by atoms with Crippen molar-refractivity contribution in [2.45, 2.75) is 25.7 Å². The molecule has 0 saturated carbocycles. The molecule has 1 aromatic heterocycles. The second-order valence-electron chi connectivity index (χ2n) is 2.97. The average molecular weight is 168 g/mol. The maximum atomic E-state index is 5.98. The number of pyridine rings is 1. The molecule has 0 unspecified atom stereocenters. The van der Waals surface area contributed by atoms with Crippen LogP contribution in [-0.4, -0.2) is 4.98 Å². The molecule has 0 fully saturated rings. The van der Waals surface area contributed by atoms with Crippen molar-refractivity contribution >= 4 is 11.6 Å². The van der Waals surface area contributed by atoms with Gasteiger partial charge in [-0.2, -0.15) is 0 Å². The Morgan fingerprint density at radius 2 is 2.00 bits per heavy atom. The predicted molar refractivity (Wildman–Crippen MR) is 45.9 cm³/mol. The van der Waals surface area contributed by atoms with Gasteiger partial charge in [-0.25, -0.2) is 0 Å². The Morgan fingerprint density at radius 1 is 1.18 bits per heavy atom. The molecule has 2 heteroatoms. The van der Waals surface area contributed by atoms with Crippen LogP contribution in [0.1, 0.15) is 24.0 Å². The predicted octanol–water partition coefficient (Wildman–Crippen LogP) is 2.61. The van der Waals surface area contributed by atoms with Crippen LogP contribution in [0.2, 0.25) is 5.02 Å². The van der Waals surface area contributed by atoms with Crippen molar-refractivity contribution in [2.24, 2.45) is 0 Å². The van der Waals surface area contributed by atoms with Crippen LogP contribution in [0.15, 0.2) is 12.4 Å². The molecule has 1 nitrogen and oxygen atoms in total. The van der Waals surface area contributed by atoms with E-state index in [2.05, 4.69) is 4.98 Å². The smallest absolute Gasteiger partial charge is 0.0624 e. The molecule has 0 aliphatic heterocycles. The SMILES string of the molecule is Clc1cncc2c1CCCC2. The zero-order chi connectivity index (χ0) is 7.68. The molecule has 0 aromatic carbocycles. The second-order valence-corrected chi connectivity index (χ2v) is 3.37. The highest BCUT2D eigenvalue weighted by Gasteiger charge is 2.11. The summed E-state index contributed by atoms with van der Waals surface area (Å²) >= 11 is 5.98. The van der Waals surface area contributed by atoms with Gasteiger partial charge in [0.1, 0.15) is 0 Å². The van der Waals surface area contributed by atoms with E-state index in [1.54, 1.807) is 6.20 Å². The number of hydrogen-bond donors (Lipinski definition) is 0. The van der Waals surface area contributed by atoms with Crippen molar-refractivity contribution in [3.05, 3.63) is 28.5 Å². The van der Waals surface area contributed by atoms with Gasteiger partial charge in [-0.1, -0.05) is 11.6 Å². The largest absolute Gasteiger partial charge is 0.263 e. The Hall–Kier alpha value is -0.560. The van der Waals surface area contributed by atoms with Crippen molar-refractivity contribution in [3.8, 4) is 0 Å². The van der Waals surface area contributed by atoms with Gasteiger partial charge in [0, 0.05) is 12.4 Å². The summed E-state index contributed by atoms with van der Waals surface area (Å²) < 4.78 is 0. The number of nitrogens with zero attached hydrogens (tertiary/aromatic N) is 1. The molecule has 0 saturated heterocycles. The number of aryl methyl sites for hydroxylation is 1. The molecule has 58 valence electrons. The maximum absolute atomic E-state index is 5.98. The van der Waals surface area contributed by atoms with Crippen LogP contribution in [-0.2, 0) is 12.8 Å². The van der Waals surface area contributed by atoms with Gasteiger partial charge in [0.25, 0.3) is 0 Å². The highest BCUT2D eigenvalue weighted by atomic mass is 35.5. The van der Waals surface area contributed by atoms with Gasteiger partial charge in [-0.3, -0.25) is 4.98 Å². The summed E-state index contributed by atoms with van der Waals surface area (Å²) in [7, 11) is 0. The monoisotopic (exact) mass is 167 g/mol. The number of hydrogen-bond acceptors (Lipinski definition) is 1. The summed E-state index contributed by atoms with van der Waals surface area (Å²) in [5.41, 5.74) is 2.68. The van der Waals surface area contributed by atoms with Crippen molar-refractivity contribution in [3.63, 3.8) is 0 Å². The topological polar surface area (TPSA) is 12.9 Å². The normalized spacial score (nSPS) is 16.1. The van der Waals surface area contributed by atoms with Crippen molar-refractivity contribution in [1.29, 1.82) is 0 Å². The van der Waals surface area contributed by atoms with E-state index < -0.39 is 0 Å². The summed E-state index contributed by atoms with van der Waals surface area (Å²) in [5.74, 6) is 0. The first kappa shape index (κ1) is 7.11. The first-order valence-corrected chi connectivity index (χ1v) is 4.37. The van der Waals surface area contributed by atoms with Gasteiger partial charge in [0.15, 0.2) is 0 Å². The maximum Gasteiger partial charge on any atom is 0.0624 e. The molecular weight excluding hydrogens is 158 g/mol. The second kappa shape index (κ2) is 2.82. The summed E-state index contributed by atoms with van der Waals surface area (Å²) in [4.78, 5) is 4.07. The van der Waals surface area contributed by atoms with Crippen LogP contribution in [0.3, 0.4) is 0 Å². The van der Waals surface area contributed by atoms with Crippen LogP contribution in [0, 0.1) is 0 Å². The average Bonchev–Trinajstić information content (AvgIpc) is 2.06. The van der Waals surface area contributed by atoms with E-state index in [1.165, 1.54) is 24.0 Å². The van der Waals surface area contributed by atoms with E-state index in [1.807, 2.05) is 6.20 Å². The Kier molecular flexibility index (Phi) is 1.82. The fourth-order valence-electron chi connectivity index (χ4n) is 1.61. The fraction of sp³-hybridized carbons (Fsp3) is 0.444. The van der Waals surface area contributed by atoms with Crippen molar-refractivity contribution in [1.82, 2.24) is 4.98 Å². The third-order valence-electron chi connectivity index (χ3n) is 2.22. The Morgan fingerprint density at radius 3 is 2.82 bits per heavy atom. The minimum atomic E-state index is 0.849. The molecule has 0 atom stereocenters. The Balaban J connectivity index is 2.49. The standard InChI is InChI=1S/C9H10ClN/c10-9-6-11-5-7-3-1-2-4-8(7)9/h5-6H,1-4H2. The molecular formula is C9H10ClN. The molecule has 0 N–H and O–H groups in total. The summed E-state index contributed by atoms with van der Waals surface area (Å²) in [6.45, 7) is 0. The van der Waals surface area contributed by atoms with Gasteiger partial charge < -0.3 is 0 Å². The summed E-state index contributed by atoms with van der Waals surface area (Å²) in [5, 5.41) is 0.849. The molecule has 1 heterocycles. The molecule has 1 aromatic rings. The van der Waals surface area contributed by atoms with Crippen LogP contribution < -0.4 is 0 Å². The lowest BCUT2D eigenvalue weighted by Crippen LogP contribution is -2.03. The number of fused-ring (bicyclic) bond motifs is 1. The van der Waals surface area contributed by atoms with E-state index in [-0.39, 0.29) is 0 Å². The summed E-state index contributed by atoms with van der Waals surface area (Å²) in [6, 6.07) is 0. The summed E-state index contributed by atoms with van der Waals surface area (Å²) in [6.07, 6.45) is 8.54. The molecule has 11 heavy (non-hydrogen) atoms. The minimum Gasteiger partial charge on any atom is -0.263 e. The molecule has 1 aliphatic carbocycles. The van der Waals surface area contributed by atoms with Gasteiger partial charge in [-0.05, 0) is 36.8 Å². The van der Waals surface area contributed by atoms with Crippen LogP contribution in [0.4, 0.5) is 0 Å². The van der Waals surface area contributed by atoms with E-state index >= 15 is 0 Å². The van der Waals surface area contributed by atoms with Gasteiger partial charge in [-0.15, -0.1) is 0 Å². The van der Waals surface area contributed by atoms with Crippen molar-refractivity contribution < 1.29 is 0 Å². The van der Waals surface area contributed by atoms with Gasteiger partial charge in [0.05, 0.1) is 5.02 Å². The van der Waals surface area contributed by atoms with E-state index in [0.29, 0.717) is 0 Å².